The van der Waals surface area contributed by atoms with Gasteiger partial charge in [0.15, 0.2) is 0 Å². The molecule has 1 saturated carbocycles. The number of amides is 2. The highest BCUT2D eigenvalue weighted by molar-refractivity contribution is 6.02. The second kappa shape index (κ2) is 6.77. The minimum Gasteiger partial charge on any atom is -0.355 e. The van der Waals surface area contributed by atoms with Crippen LogP contribution < -0.4 is 10.6 Å². The summed E-state index contributed by atoms with van der Waals surface area (Å²) in [4.78, 5) is 24.1. The van der Waals surface area contributed by atoms with Crippen LogP contribution in [0.15, 0.2) is 41.5 Å². The Morgan fingerprint density at radius 1 is 1.23 bits per heavy atom. The highest BCUT2D eigenvalue weighted by Gasteiger charge is 2.33. The SMILES string of the molecule is O=C(CC1=C2CCCCC2NC1=O)NCCc1ccccc1. The lowest BCUT2D eigenvalue weighted by molar-refractivity contribution is -0.123. The topological polar surface area (TPSA) is 58.2 Å². The lowest BCUT2D eigenvalue weighted by atomic mass is 9.88. The van der Waals surface area contributed by atoms with E-state index in [0.29, 0.717) is 12.1 Å². The molecule has 2 N–H and O–H groups in total. The molecule has 4 nitrogen and oxygen atoms in total. The predicted molar refractivity (Wildman–Crippen MR) is 85.2 cm³/mol. The fourth-order valence-electron chi connectivity index (χ4n) is 3.33. The van der Waals surface area contributed by atoms with Crippen molar-refractivity contribution in [1.29, 1.82) is 0 Å². The van der Waals surface area contributed by atoms with Gasteiger partial charge in [0.05, 0.1) is 12.5 Å². The Bertz CT molecular complexity index is 592. The molecule has 22 heavy (non-hydrogen) atoms. The van der Waals surface area contributed by atoms with E-state index >= 15 is 0 Å². The van der Waals surface area contributed by atoms with E-state index in [-0.39, 0.29) is 24.3 Å². The van der Waals surface area contributed by atoms with Gasteiger partial charge >= 0.3 is 0 Å². The van der Waals surface area contributed by atoms with Crippen molar-refractivity contribution >= 4 is 11.8 Å². The molecule has 1 fully saturated rings. The molecule has 1 aliphatic heterocycles. The van der Waals surface area contributed by atoms with Gasteiger partial charge in [0.1, 0.15) is 0 Å². The molecule has 0 bridgehead atoms. The molecule has 0 radical (unpaired) electrons. The maximum absolute atomic E-state index is 12.1. The van der Waals surface area contributed by atoms with Crippen molar-refractivity contribution in [3.05, 3.63) is 47.0 Å². The van der Waals surface area contributed by atoms with E-state index in [2.05, 4.69) is 10.6 Å². The van der Waals surface area contributed by atoms with Crippen molar-refractivity contribution in [3.8, 4) is 0 Å². The molecule has 0 spiro atoms. The van der Waals surface area contributed by atoms with Gasteiger partial charge in [0.25, 0.3) is 0 Å². The number of carbonyl (C=O) groups excluding carboxylic acids is 2. The predicted octanol–water partition coefficient (Wildman–Crippen LogP) is 2.10. The minimum absolute atomic E-state index is 0.0416. The Hall–Kier alpha value is -2.10. The number of rotatable bonds is 5. The summed E-state index contributed by atoms with van der Waals surface area (Å²) < 4.78 is 0. The molecule has 0 saturated heterocycles. The third kappa shape index (κ3) is 3.38. The summed E-state index contributed by atoms with van der Waals surface area (Å²) in [6, 6.07) is 10.3. The van der Waals surface area contributed by atoms with Crippen molar-refractivity contribution < 1.29 is 9.59 Å². The second-order valence-electron chi connectivity index (χ2n) is 6.04. The summed E-state index contributed by atoms with van der Waals surface area (Å²) in [5.74, 6) is -0.0973. The molecule has 1 unspecified atom stereocenters. The fourth-order valence-corrected chi connectivity index (χ4v) is 3.33. The van der Waals surface area contributed by atoms with Crippen LogP contribution in [0.25, 0.3) is 0 Å². The number of fused-ring (bicyclic) bond motifs is 1. The molecular formula is C18H22N2O2. The molecular weight excluding hydrogens is 276 g/mol. The first kappa shape index (κ1) is 14.8. The van der Waals surface area contributed by atoms with Gasteiger partial charge in [-0.15, -0.1) is 0 Å². The Kier molecular flexibility index (Phi) is 4.56. The molecule has 3 rings (SSSR count). The third-order valence-electron chi connectivity index (χ3n) is 4.49. The van der Waals surface area contributed by atoms with Gasteiger partial charge in [-0.2, -0.15) is 0 Å². The molecule has 116 valence electrons. The van der Waals surface area contributed by atoms with E-state index in [4.69, 9.17) is 0 Å². The van der Waals surface area contributed by atoms with Crippen LogP contribution >= 0.6 is 0 Å². The van der Waals surface area contributed by atoms with E-state index in [0.717, 1.165) is 32.1 Å². The zero-order valence-electron chi connectivity index (χ0n) is 12.7. The molecule has 1 aromatic rings. The van der Waals surface area contributed by atoms with Gasteiger partial charge in [-0.3, -0.25) is 9.59 Å². The van der Waals surface area contributed by atoms with Gasteiger partial charge in [0, 0.05) is 12.1 Å². The zero-order chi connectivity index (χ0) is 15.4. The van der Waals surface area contributed by atoms with Crippen LogP contribution in [0.2, 0.25) is 0 Å². The standard InChI is InChI=1S/C18H22N2O2/c21-17(19-11-10-13-6-2-1-3-7-13)12-15-14-8-4-5-9-16(14)20-18(15)22/h1-3,6-7,16H,4-5,8-12H2,(H,19,21)(H,20,22). The molecule has 1 heterocycles. The van der Waals surface area contributed by atoms with Gasteiger partial charge in [0.2, 0.25) is 11.8 Å². The molecule has 2 aliphatic rings. The van der Waals surface area contributed by atoms with Crippen LogP contribution in [0.5, 0.6) is 0 Å². The first-order valence-corrected chi connectivity index (χ1v) is 8.07. The third-order valence-corrected chi connectivity index (χ3v) is 4.49. The summed E-state index contributed by atoms with van der Waals surface area (Å²) in [7, 11) is 0. The summed E-state index contributed by atoms with van der Waals surface area (Å²) in [5.41, 5.74) is 3.09. The minimum atomic E-state index is -0.0557. The van der Waals surface area contributed by atoms with Crippen LogP contribution in [0.1, 0.15) is 37.7 Å². The number of hydrogen-bond acceptors (Lipinski definition) is 2. The second-order valence-corrected chi connectivity index (χ2v) is 6.04. The average Bonchev–Trinajstić information content (AvgIpc) is 2.84. The van der Waals surface area contributed by atoms with Crippen LogP contribution in [-0.4, -0.2) is 24.4 Å². The monoisotopic (exact) mass is 298 g/mol. The molecule has 2 amide bonds. The lowest BCUT2D eigenvalue weighted by Crippen LogP contribution is -2.31. The fraction of sp³-hybridized carbons (Fsp3) is 0.444. The normalized spacial score (nSPS) is 20.5. The van der Waals surface area contributed by atoms with Crippen molar-refractivity contribution in [2.75, 3.05) is 6.54 Å². The van der Waals surface area contributed by atoms with E-state index < -0.39 is 0 Å². The largest absolute Gasteiger partial charge is 0.355 e. The van der Waals surface area contributed by atoms with Crippen LogP contribution in [0.4, 0.5) is 0 Å². The summed E-state index contributed by atoms with van der Waals surface area (Å²) >= 11 is 0. The van der Waals surface area contributed by atoms with Gasteiger partial charge in [-0.1, -0.05) is 36.8 Å². The van der Waals surface area contributed by atoms with Crippen molar-refractivity contribution in [2.45, 2.75) is 44.6 Å². The van der Waals surface area contributed by atoms with E-state index in [1.165, 1.54) is 11.1 Å². The molecule has 0 aromatic heterocycles. The van der Waals surface area contributed by atoms with Crippen LogP contribution in [0, 0.1) is 0 Å². The van der Waals surface area contributed by atoms with Gasteiger partial charge < -0.3 is 10.6 Å². The smallest absolute Gasteiger partial charge is 0.248 e. The van der Waals surface area contributed by atoms with Gasteiger partial charge in [-0.25, -0.2) is 0 Å². The molecule has 4 heteroatoms. The first-order chi connectivity index (χ1) is 10.7. The van der Waals surface area contributed by atoms with Crippen LogP contribution in [-0.2, 0) is 16.0 Å². The average molecular weight is 298 g/mol. The molecule has 1 aromatic carbocycles. The maximum Gasteiger partial charge on any atom is 0.248 e. The first-order valence-electron chi connectivity index (χ1n) is 8.07. The van der Waals surface area contributed by atoms with E-state index in [1.54, 1.807) is 0 Å². The quantitative estimate of drug-likeness (QED) is 0.874. The lowest BCUT2D eigenvalue weighted by Gasteiger charge is -2.20. The van der Waals surface area contributed by atoms with Crippen molar-refractivity contribution in [3.63, 3.8) is 0 Å². The number of nitrogens with one attached hydrogen (secondary N) is 2. The Labute approximate surface area is 131 Å². The zero-order valence-corrected chi connectivity index (χ0v) is 12.7. The summed E-state index contributed by atoms with van der Waals surface area (Å²) in [5, 5.41) is 5.92. The Balaban J connectivity index is 1.52. The highest BCUT2D eigenvalue weighted by Crippen LogP contribution is 2.32. The van der Waals surface area contributed by atoms with E-state index in [9.17, 15) is 9.59 Å². The molecule has 1 atom stereocenters. The van der Waals surface area contributed by atoms with Crippen LogP contribution in [0.3, 0.4) is 0 Å². The van der Waals surface area contributed by atoms with Gasteiger partial charge in [-0.05, 0) is 36.8 Å². The maximum atomic E-state index is 12.1. The van der Waals surface area contributed by atoms with Crippen molar-refractivity contribution in [1.82, 2.24) is 10.6 Å². The summed E-state index contributed by atoms with van der Waals surface area (Å²) in [6.45, 7) is 0.608. The number of carbonyl (C=O) groups is 2. The summed E-state index contributed by atoms with van der Waals surface area (Å²) in [6.07, 6.45) is 5.28. The van der Waals surface area contributed by atoms with E-state index in [1.807, 2.05) is 30.3 Å². The number of hydrogen-bond donors (Lipinski definition) is 2. The number of benzene rings is 1. The Morgan fingerprint density at radius 3 is 2.86 bits per heavy atom. The Morgan fingerprint density at radius 2 is 2.05 bits per heavy atom. The highest BCUT2D eigenvalue weighted by atomic mass is 16.2. The van der Waals surface area contributed by atoms with Crippen molar-refractivity contribution in [2.24, 2.45) is 0 Å². The molecule has 1 aliphatic carbocycles.